The molecule has 6 heteroatoms. The molecule has 0 saturated carbocycles. The Morgan fingerprint density at radius 1 is 1.28 bits per heavy atom. The maximum absolute atomic E-state index is 5.72. The third kappa shape index (κ3) is 3.58. The van der Waals surface area contributed by atoms with Gasteiger partial charge in [-0.15, -0.1) is 0 Å². The molecule has 18 heavy (non-hydrogen) atoms. The molecule has 0 spiro atoms. The number of hydrogen-bond acceptors (Lipinski definition) is 5. The molecular formula is C12H13ClN4S. The van der Waals surface area contributed by atoms with Gasteiger partial charge < -0.3 is 5.32 Å². The minimum Gasteiger partial charge on any atom is -0.324 e. The Morgan fingerprint density at radius 3 is 2.83 bits per heavy atom. The lowest BCUT2D eigenvalue weighted by atomic mass is 10.1. The van der Waals surface area contributed by atoms with Crippen LogP contribution < -0.4 is 5.32 Å². The van der Waals surface area contributed by atoms with Crippen molar-refractivity contribution in [1.82, 2.24) is 15.0 Å². The summed E-state index contributed by atoms with van der Waals surface area (Å²) in [6, 6.07) is 6.30. The Balaban J connectivity index is 2.23. The van der Waals surface area contributed by atoms with Crippen LogP contribution in [0.15, 0.2) is 24.5 Å². The van der Waals surface area contributed by atoms with E-state index in [0.717, 1.165) is 11.4 Å². The number of aromatic nitrogens is 3. The van der Waals surface area contributed by atoms with Gasteiger partial charge in [-0.05, 0) is 48.0 Å². The number of anilines is 2. The van der Waals surface area contributed by atoms with Crippen LogP contribution in [0.2, 0.25) is 5.28 Å². The quantitative estimate of drug-likeness (QED) is 0.930. The molecule has 0 aliphatic carbocycles. The topological polar surface area (TPSA) is 50.7 Å². The molecule has 0 amide bonds. The molecule has 0 saturated heterocycles. The van der Waals surface area contributed by atoms with E-state index < -0.39 is 0 Å². The molecule has 0 bridgehead atoms. The molecule has 4 nitrogen and oxygen atoms in total. The Kier molecular flexibility index (Phi) is 4.38. The van der Waals surface area contributed by atoms with Crippen molar-refractivity contribution in [2.24, 2.45) is 0 Å². The summed E-state index contributed by atoms with van der Waals surface area (Å²) < 4.78 is 0. The normalized spacial score (nSPS) is 10.4. The van der Waals surface area contributed by atoms with Crippen molar-refractivity contribution in [3.8, 4) is 0 Å². The van der Waals surface area contributed by atoms with Gasteiger partial charge in [-0.1, -0.05) is 6.07 Å². The molecule has 1 aromatic carbocycles. The molecule has 1 N–H and O–H groups in total. The van der Waals surface area contributed by atoms with Crippen LogP contribution in [0.4, 0.5) is 11.6 Å². The van der Waals surface area contributed by atoms with Crippen LogP contribution >= 0.6 is 23.4 Å². The summed E-state index contributed by atoms with van der Waals surface area (Å²) in [7, 11) is 0. The van der Waals surface area contributed by atoms with E-state index in [9.17, 15) is 0 Å². The molecule has 2 aromatic rings. The average Bonchev–Trinajstić information content (AvgIpc) is 2.28. The number of rotatable bonds is 4. The van der Waals surface area contributed by atoms with E-state index in [0.29, 0.717) is 5.95 Å². The molecule has 0 aliphatic rings. The first kappa shape index (κ1) is 13.1. The maximum Gasteiger partial charge on any atom is 0.231 e. The number of benzene rings is 1. The third-order valence-corrected chi connectivity index (χ3v) is 3.05. The number of nitrogens with zero attached hydrogens (tertiary/aromatic N) is 3. The van der Waals surface area contributed by atoms with Crippen molar-refractivity contribution in [2.75, 3.05) is 11.6 Å². The van der Waals surface area contributed by atoms with E-state index in [-0.39, 0.29) is 5.28 Å². The van der Waals surface area contributed by atoms with Crippen molar-refractivity contribution in [2.45, 2.75) is 12.7 Å². The highest BCUT2D eigenvalue weighted by Crippen LogP contribution is 2.20. The van der Waals surface area contributed by atoms with E-state index in [1.165, 1.54) is 17.5 Å². The molecule has 0 atom stereocenters. The van der Waals surface area contributed by atoms with Crippen LogP contribution in [0.25, 0.3) is 0 Å². The summed E-state index contributed by atoms with van der Waals surface area (Å²) in [4.78, 5) is 11.8. The van der Waals surface area contributed by atoms with E-state index in [1.807, 2.05) is 6.07 Å². The number of halogens is 1. The molecule has 1 aromatic heterocycles. The van der Waals surface area contributed by atoms with Gasteiger partial charge in [-0.2, -0.15) is 16.7 Å². The summed E-state index contributed by atoms with van der Waals surface area (Å²) in [6.45, 7) is 2.06. The fourth-order valence-corrected chi connectivity index (χ4v) is 2.27. The second-order valence-corrected chi connectivity index (χ2v) is 5.05. The smallest absolute Gasteiger partial charge is 0.231 e. The highest BCUT2D eigenvalue weighted by molar-refractivity contribution is 7.97. The van der Waals surface area contributed by atoms with Gasteiger partial charge in [0.15, 0.2) is 0 Å². The van der Waals surface area contributed by atoms with Crippen LogP contribution in [0.1, 0.15) is 11.1 Å². The lowest BCUT2D eigenvalue weighted by molar-refractivity contribution is 1.05. The van der Waals surface area contributed by atoms with Gasteiger partial charge in [-0.25, -0.2) is 9.97 Å². The maximum atomic E-state index is 5.72. The Labute approximate surface area is 115 Å². The SMILES string of the molecule is CSCc1cc(C)cc(Nc2ncnc(Cl)n2)c1. The molecular weight excluding hydrogens is 268 g/mol. The van der Waals surface area contributed by atoms with Gasteiger partial charge in [-0.3, -0.25) is 0 Å². The largest absolute Gasteiger partial charge is 0.324 e. The lowest BCUT2D eigenvalue weighted by Gasteiger charge is -2.08. The van der Waals surface area contributed by atoms with Crippen LogP contribution in [0, 0.1) is 6.92 Å². The number of hydrogen-bond donors (Lipinski definition) is 1. The fraction of sp³-hybridized carbons (Fsp3) is 0.250. The second-order valence-electron chi connectivity index (χ2n) is 3.84. The first-order chi connectivity index (χ1) is 8.67. The highest BCUT2D eigenvalue weighted by atomic mass is 35.5. The molecule has 1 heterocycles. The molecule has 0 fully saturated rings. The van der Waals surface area contributed by atoms with Crippen molar-refractivity contribution in [1.29, 1.82) is 0 Å². The van der Waals surface area contributed by atoms with Crippen LogP contribution in [0.5, 0.6) is 0 Å². The van der Waals surface area contributed by atoms with Crippen LogP contribution in [-0.4, -0.2) is 21.2 Å². The Bertz CT molecular complexity index is 547. The number of aryl methyl sites for hydroxylation is 1. The predicted octanol–water partition coefficient (Wildman–Crippen LogP) is 3.44. The first-order valence-electron chi connectivity index (χ1n) is 5.38. The Hall–Kier alpha value is -1.33. The zero-order valence-corrected chi connectivity index (χ0v) is 11.7. The van der Waals surface area contributed by atoms with Gasteiger partial charge >= 0.3 is 0 Å². The van der Waals surface area contributed by atoms with Crippen molar-refractivity contribution < 1.29 is 0 Å². The average molecular weight is 281 g/mol. The first-order valence-corrected chi connectivity index (χ1v) is 7.15. The zero-order valence-electron chi connectivity index (χ0n) is 10.1. The van der Waals surface area contributed by atoms with Gasteiger partial charge in [0, 0.05) is 11.4 Å². The molecule has 0 unspecified atom stereocenters. The summed E-state index contributed by atoms with van der Waals surface area (Å²) in [5, 5.41) is 3.31. The van der Waals surface area contributed by atoms with Crippen LogP contribution in [0.3, 0.4) is 0 Å². The van der Waals surface area contributed by atoms with E-state index >= 15 is 0 Å². The minimum absolute atomic E-state index is 0.185. The van der Waals surface area contributed by atoms with Gasteiger partial charge in [0.1, 0.15) is 6.33 Å². The van der Waals surface area contributed by atoms with E-state index in [4.69, 9.17) is 11.6 Å². The summed E-state index contributed by atoms with van der Waals surface area (Å²) in [5.74, 6) is 1.43. The zero-order chi connectivity index (χ0) is 13.0. The highest BCUT2D eigenvalue weighted by Gasteiger charge is 2.02. The van der Waals surface area contributed by atoms with Gasteiger partial charge in [0.25, 0.3) is 0 Å². The second kappa shape index (κ2) is 6.02. The number of nitrogens with one attached hydrogen (secondary N) is 1. The van der Waals surface area contributed by atoms with E-state index in [2.05, 4.69) is 45.6 Å². The predicted molar refractivity (Wildman–Crippen MR) is 76.5 cm³/mol. The number of thioether (sulfide) groups is 1. The fourth-order valence-electron chi connectivity index (χ4n) is 1.65. The van der Waals surface area contributed by atoms with Gasteiger partial charge in [0.2, 0.25) is 11.2 Å². The standard InChI is InChI=1S/C12H13ClN4S/c1-8-3-9(6-18-2)5-10(4-8)16-12-15-7-14-11(13)17-12/h3-5,7H,6H2,1-2H3,(H,14,15,16,17). The van der Waals surface area contributed by atoms with E-state index in [1.54, 1.807) is 11.8 Å². The summed E-state index contributed by atoms with van der Waals surface area (Å²) >= 11 is 7.51. The lowest BCUT2D eigenvalue weighted by Crippen LogP contribution is -1.99. The van der Waals surface area contributed by atoms with Crippen molar-refractivity contribution in [3.63, 3.8) is 0 Å². The van der Waals surface area contributed by atoms with Crippen molar-refractivity contribution >= 4 is 35.0 Å². The van der Waals surface area contributed by atoms with Crippen molar-refractivity contribution in [3.05, 3.63) is 40.9 Å². The van der Waals surface area contributed by atoms with Crippen LogP contribution in [-0.2, 0) is 5.75 Å². The van der Waals surface area contributed by atoms with Gasteiger partial charge in [0.05, 0.1) is 0 Å². The minimum atomic E-state index is 0.185. The summed E-state index contributed by atoms with van der Waals surface area (Å²) in [6.07, 6.45) is 3.47. The Morgan fingerprint density at radius 2 is 2.11 bits per heavy atom. The summed E-state index contributed by atoms with van der Waals surface area (Å²) in [5.41, 5.74) is 3.43. The molecule has 0 aliphatic heterocycles. The molecule has 0 radical (unpaired) electrons. The molecule has 2 rings (SSSR count). The monoisotopic (exact) mass is 280 g/mol. The third-order valence-electron chi connectivity index (χ3n) is 2.25. The molecule has 94 valence electrons.